The highest BCUT2D eigenvalue weighted by Gasteiger charge is 2.34. The highest BCUT2D eigenvalue weighted by atomic mass is 32.1. The number of Topliss-reactive ketones (excluding diaryl/α,β-unsaturated/α-hetero) is 2. The lowest BCUT2D eigenvalue weighted by Gasteiger charge is -2.14. The predicted molar refractivity (Wildman–Crippen MR) is 164 cm³/mol. The van der Waals surface area contributed by atoms with Gasteiger partial charge in [-0.05, 0) is 65.3 Å². The molecule has 6 heteroatoms. The van der Waals surface area contributed by atoms with Gasteiger partial charge in [0, 0.05) is 16.7 Å². The third-order valence-corrected chi connectivity index (χ3v) is 8.79. The summed E-state index contributed by atoms with van der Waals surface area (Å²) in [6, 6.07) is 28.0. The number of carbonyl (C=O) groups is 2. The monoisotopic (exact) mass is 542 g/mol. The maximum atomic E-state index is 13.5. The van der Waals surface area contributed by atoms with Crippen LogP contribution in [0.4, 0.5) is 0 Å². The summed E-state index contributed by atoms with van der Waals surface area (Å²) in [5.74, 6) is -0.464. The topological polar surface area (TPSA) is 52.0 Å². The zero-order chi connectivity index (χ0) is 26.8. The number of allylic oxidation sites excluding steroid dienone is 1. The van der Waals surface area contributed by atoms with Gasteiger partial charge in [0.25, 0.3) is 0 Å². The molecule has 1 aliphatic carbocycles. The minimum Gasteiger partial charge on any atom is -0.293 e. The molecule has 0 radical (unpaired) electrons. The van der Waals surface area contributed by atoms with Crippen molar-refractivity contribution in [1.29, 1.82) is 0 Å². The lowest BCUT2D eigenvalue weighted by molar-refractivity contribution is 0.0990. The van der Waals surface area contributed by atoms with Crippen molar-refractivity contribution in [1.82, 2.24) is 9.55 Å². The van der Waals surface area contributed by atoms with Crippen molar-refractivity contribution >= 4 is 64.6 Å². The van der Waals surface area contributed by atoms with E-state index >= 15 is 0 Å². The van der Waals surface area contributed by atoms with Gasteiger partial charge < -0.3 is 0 Å². The molecule has 0 aliphatic heterocycles. The van der Waals surface area contributed by atoms with E-state index in [2.05, 4.69) is 64.1 Å². The Morgan fingerprint density at radius 2 is 1.41 bits per heavy atom. The fraction of sp³-hybridized carbons (Fsp3) is 0.0606. The quantitative estimate of drug-likeness (QED) is 0.132. The summed E-state index contributed by atoms with van der Waals surface area (Å²) in [5.41, 5.74) is 6.95. The zero-order valence-electron chi connectivity index (χ0n) is 21.4. The minimum atomic E-state index is -0.232. The van der Waals surface area contributed by atoms with E-state index in [0.717, 1.165) is 59.5 Å². The zero-order valence-corrected chi connectivity index (χ0v) is 23.3. The number of aromatic nitrogens is 2. The van der Waals surface area contributed by atoms with Crippen molar-refractivity contribution in [2.24, 2.45) is 0 Å². The first kappa shape index (κ1) is 23.9. The van der Waals surface area contributed by atoms with Crippen LogP contribution in [0, 0.1) is 13.8 Å². The van der Waals surface area contributed by atoms with Gasteiger partial charge in [0.15, 0.2) is 17.2 Å². The van der Waals surface area contributed by atoms with Crippen LogP contribution >= 0.6 is 20.6 Å². The average Bonchev–Trinajstić information content (AvgIpc) is 3.55. The van der Waals surface area contributed by atoms with Crippen LogP contribution in [0.15, 0.2) is 90.5 Å². The van der Waals surface area contributed by atoms with Crippen molar-refractivity contribution in [3.05, 3.63) is 118 Å². The summed E-state index contributed by atoms with van der Waals surface area (Å²) >= 11 is 1.61. The first-order valence-corrected chi connectivity index (χ1v) is 14.1. The Kier molecular flexibility index (Phi) is 5.48. The Morgan fingerprint density at radius 1 is 0.795 bits per heavy atom. The van der Waals surface area contributed by atoms with Gasteiger partial charge in [0.05, 0.1) is 21.7 Å². The van der Waals surface area contributed by atoms with Crippen LogP contribution < -0.4 is 5.30 Å². The molecule has 0 amide bonds. The summed E-state index contributed by atoms with van der Waals surface area (Å²) in [5, 5.41) is 3.94. The van der Waals surface area contributed by atoms with Crippen LogP contribution in [-0.2, 0) is 0 Å². The van der Waals surface area contributed by atoms with E-state index in [1.807, 2.05) is 48.5 Å². The molecule has 1 unspecified atom stereocenters. The number of thiazole rings is 1. The summed E-state index contributed by atoms with van der Waals surface area (Å²) in [6.45, 7) is 4.15. The van der Waals surface area contributed by atoms with Gasteiger partial charge in [-0.2, -0.15) is 0 Å². The molecule has 0 N–H and O–H groups in total. The van der Waals surface area contributed by atoms with E-state index < -0.39 is 0 Å². The van der Waals surface area contributed by atoms with Crippen molar-refractivity contribution in [2.45, 2.75) is 13.8 Å². The minimum absolute atomic E-state index is 0.189. The first-order valence-electron chi connectivity index (χ1n) is 12.7. The summed E-state index contributed by atoms with van der Waals surface area (Å²) in [7, 11) is 2.71. The molecule has 0 fully saturated rings. The molecule has 1 aliphatic rings. The Bertz CT molecular complexity index is 1950. The van der Waals surface area contributed by atoms with Crippen LogP contribution in [0.2, 0.25) is 0 Å². The molecule has 4 nitrogen and oxygen atoms in total. The van der Waals surface area contributed by atoms with Gasteiger partial charge in [-0.3, -0.25) is 14.2 Å². The van der Waals surface area contributed by atoms with Crippen LogP contribution in [-0.4, -0.2) is 21.1 Å². The predicted octanol–water partition coefficient (Wildman–Crippen LogP) is 7.49. The molecule has 7 rings (SSSR count). The number of para-hydroxylation sites is 1. The number of rotatable bonds is 3. The molecule has 39 heavy (non-hydrogen) atoms. The van der Waals surface area contributed by atoms with E-state index in [1.54, 1.807) is 17.4 Å². The normalized spacial score (nSPS) is 13.1. The third-order valence-electron chi connectivity index (χ3n) is 7.36. The second kappa shape index (κ2) is 8.94. The second-order valence-electron chi connectivity index (χ2n) is 9.94. The molecule has 188 valence electrons. The van der Waals surface area contributed by atoms with Crippen molar-refractivity contribution < 1.29 is 9.59 Å². The molecule has 2 heterocycles. The number of hydrogen-bond donors (Lipinski definition) is 0. The van der Waals surface area contributed by atoms with Crippen LogP contribution in [0.1, 0.15) is 37.5 Å². The fourth-order valence-corrected chi connectivity index (χ4v) is 6.63. The average molecular weight is 543 g/mol. The Morgan fingerprint density at radius 3 is 2.03 bits per heavy atom. The van der Waals surface area contributed by atoms with Gasteiger partial charge in [-0.15, -0.1) is 20.6 Å². The smallest absolute Gasteiger partial charge is 0.197 e. The molecule has 0 saturated carbocycles. The largest absolute Gasteiger partial charge is 0.293 e. The summed E-state index contributed by atoms with van der Waals surface area (Å²) in [4.78, 5) is 32.1. The van der Waals surface area contributed by atoms with Gasteiger partial charge in [-0.25, -0.2) is 4.98 Å². The van der Waals surface area contributed by atoms with E-state index in [9.17, 15) is 9.59 Å². The summed E-state index contributed by atoms with van der Waals surface area (Å²) < 4.78 is 3.09. The number of benzene rings is 4. The van der Waals surface area contributed by atoms with Gasteiger partial charge >= 0.3 is 0 Å². The maximum absolute atomic E-state index is 13.5. The number of carbonyl (C=O) groups excluding carboxylic acids is 2. The van der Waals surface area contributed by atoms with Crippen LogP contribution in [0.5, 0.6) is 0 Å². The van der Waals surface area contributed by atoms with E-state index in [1.165, 1.54) is 0 Å². The Hall–Kier alpha value is -4.18. The number of nitrogens with zero attached hydrogens (tertiary/aromatic N) is 2. The van der Waals surface area contributed by atoms with Gasteiger partial charge in [-0.1, -0.05) is 66.7 Å². The standard InChI is InChI=1S/C33H23N2O2PS/c1-18-6-5-7-19(2)29(18)35-23(17-28-32(35)34-33(39-28)20-10-12-24(38)13-11-20)16-27-30(36)25-14-21-8-3-4-9-22(21)15-26(25)31(27)37/h3-17H,38H2,1-2H3. The Labute approximate surface area is 231 Å². The fourth-order valence-electron chi connectivity index (χ4n) is 5.44. The molecular formula is C33H23N2O2PS. The molecule has 1 atom stereocenters. The lowest BCUT2D eigenvalue weighted by Crippen LogP contribution is -2.05. The van der Waals surface area contributed by atoms with Crippen LogP contribution in [0.3, 0.4) is 0 Å². The Balaban J connectivity index is 1.43. The second-order valence-corrected chi connectivity index (χ2v) is 11.6. The molecule has 2 aromatic heterocycles. The lowest BCUT2D eigenvalue weighted by atomic mass is 10.0. The summed E-state index contributed by atoms with van der Waals surface area (Å²) in [6.07, 6.45) is 1.75. The number of hydrogen-bond acceptors (Lipinski definition) is 4. The van der Waals surface area contributed by atoms with Gasteiger partial charge in [0.1, 0.15) is 5.01 Å². The molecule has 0 bridgehead atoms. The first-order chi connectivity index (χ1) is 18.9. The van der Waals surface area contributed by atoms with Crippen molar-refractivity contribution in [3.8, 4) is 16.3 Å². The molecule has 0 spiro atoms. The maximum Gasteiger partial charge on any atom is 0.197 e. The molecule has 0 saturated heterocycles. The van der Waals surface area contributed by atoms with Crippen molar-refractivity contribution in [3.63, 3.8) is 0 Å². The molecular weight excluding hydrogens is 519 g/mol. The van der Waals surface area contributed by atoms with Crippen molar-refractivity contribution in [2.75, 3.05) is 0 Å². The number of aryl methyl sites for hydroxylation is 2. The third kappa shape index (κ3) is 3.81. The SMILES string of the molecule is Cc1cccc(C)c1-n1c(C=C2C(=O)c3cc4ccccc4cc3C2=O)cc2sc(-c3ccc(P)cc3)nc21. The number of fused-ring (bicyclic) bond motifs is 3. The molecule has 4 aromatic carbocycles. The highest BCUT2D eigenvalue weighted by molar-refractivity contribution is 7.27. The number of ketones is 2. The van der Waals surface area contributed by atoms with E-state index in [4.69, 9.17) is 4.98 Å². The highest BCUT2D eigenvalue weighted by Crippen LogP contribution is 2.38. The van der Waals surface area contributed by atoms with Gasteiger partial charge in [0.2, 0.25) is 0 Å². The molecule has 6 aromatic rings. The van der Waals surface area contributed by atoms with E-state index in [-0.39, 0.29) is 17.1 Å². The van der Waals surface area contributed by atoms with Crippen LogP contribution in [0.25, 0.3) is 43.5 Å². The van der Waals surface area contributed by atoms with E-state index in [0.29, 0.717) is 11.1 Å².